The van der Waals surface area contributed by atoms with E-state index in [-0.39, 0.29) is 23.6 Å². The SMILES string of the molecule is CCn1c(SCC(=O)N(C(C)C)C(C)C)nc2sc3c(c2c1=O)CCC(C)C3. The van der Waals surface area contributed by atoms with E-state index in [2.05, 4.69) is 6.92 Å². The van der Waals surface area contributed by atoms with Crippen molar-refractivity contribution in [1.82, 2.24) is 14.5 Å². The third kappa shape index (κ3) is 4.01. The van der Waals surface area contributed by atoms with E-state index < -0.39 is 0 Å². The molecule has 1 unspecified atom stereocenters. The number of aromatic nitrogens is 2. The molecule has 0 aliphatic heterocycles. The van der Waals surface area contributed by atoms with Gasteiger partial charge in [-0.15, -0.1) is 11.3 Å². The lowest BCUT2D eigenvalue weighted by molar-refractivity contribution is -0.131. The predicted molar refractivity (Wildman–Crippen MR) is 119 cm³/mol. The zero-order valence-electron chi connectivity index (χ0n) is 17.7. The normalized spacial score (nSPS) is 16.8. The molecule has 0 spiro atoms. The van der Waals surface area contributed by atoms with Crippen molar-refractivity contribution in [3.05, 3.63) is 20.8 Å². The Balaban J connectivity index is 1.94. The first-order chi connectivity index (χ1) is 13.2. The Hall–Kier alpha value is -1.34. The van der Waals surface area contributed by atoms with Crippen molar-refractivity contribution in [3.8, 4) is 0 Å². The summed E-state index contributed by atoms with van der Waals surface area (Å²) < 4.78 is 1.74. The van der Waals surface area contributed by atoms with Crippen LogP contribution < -0.4 is 5.56 Å². The fraction of sp³-hybridized carbons (Fsp3) is 0.667. The number of aryl methyl sites for hydroxylation is 1. The summed E-state index contributed by atoms with van der Waals surface area (Å²) in [5.41, 5.74) is 1.27. The van der Waals surface area contributed by atoms with E-state index in [1.807, 2.05) is 39.5 Å². The summed E-state index contributed by atoms with van der Waals surface area (Å²) >= 11 is 3.05. The van der Waals surface area contributed by atoms with Gasteiger partial charge in [-0.3, -0.25) is 14.2 Å². The zero-order chi connectivity index (χ0) is 20.6. The minimum atomic E-state index is 0.0547. The molecule has 0 N–H and O–H groups in total. The van der Waals surface area contributed by atoms with Crippen molar-refractivity contribution < 1.29 is 4.79 Å². The van der Waals surface area contributed by atoms with E-state index in [0.717, 1.165) is 29.5 Å². The fourth-order valence-electron chi connectivity index (χ4n) is 4.17. The lowest BCUT2D eigenvalue weighted by Gasteiger charge is -2.30. The highest BCUT2D eigenvalue weighted by atomic mass is 32.2. The highest BCUT2D eigenvalue weighted by Gasteiger charge is 2.25. The minimum Gasteiger partial charge on any atom is -0.337 e. The molecule has 0 saturated carbocycles. The van der Waals surface area contributed by atoms with E-state index >= 15 is 0 Å². The molecule has 2 aromatic rings. The molecule has 5 nitrogen and oxygen atoms in total. The molecule has 1 amide bonds. The van der Waals surface area contributed by atoms with E-state index in [0.29, 0.717) is 23.4 Å². The number of carbonyl (C=O) groups excluding carboxylic acids is 1. The minimum absolute atomic E-state index is 0.0547. The maximum absolute atomic E-state index is 13.2. The van der Waals surface area contributed by atoms with Crippen LogP contribution in [0.15, 0.2) is 9.95 Å². The monoisotopic (exact) mass is 421 g/mol. The van der Waals surface area contributed by atoms with Crippen molar-refractivity contribution in [2.75, 3.05) is 5.75 Å². The topological polar surface area (TPSA) is 55.2 Å². The van der Waals surface area contributed by atoms with E-state index in [9.17, 15) is 9.59 Å². The van der Waals surface area contributed by atoms with Gasteiger partial charge in [-0.05, 0) is 65.4 Å². The molecule has 154 valence electrons. The number of carbonyl (C=O) groups is 1. The molecule has 0 aromatic carbocycles. The molecule has 1 aliphatic rings. The van der Waals surface area contributed by atoms with Crippen LogP contribution in [0.5, 0.6) is 0 Å². The van der Waals surface area contributed by atoms with Gasteiger partial charge in [0, 0.05) is 23.5 Å². The Morgan fingerprint density at radius 2 is 2.00 bits per heavy atom. The average molecular weight is 422 g/mol. The van der Waals surface area contributed by atoms with Crippen LogP contribution in [0.1, 0.15) is 58.4 Å². The van der Waals surface area contributed by atoms with Crippen LogP contribution in [-0.2, 0) is 24.2 Å². The highest BCUT2D eigenvalue weighted by molar-refractivity contribution is 7.99. The maximum atomic E-state index is 13.2. The molecule has 2 heterocycles. The average Bonchev–Trinajstić information content (AvgIpc) is 2.96. The lowest BCUT2D eigenvalue weighted by Crippen LogP contribution is -2.43. The van der Waals surface area contributed by atoms with Crippen LogP contribution in [0.25, 0.3) is 10.2 Å². The Labute approximate surface area is 175 Å². The van der Waals surface area contributed by atoms with Crippen molar-refractivity contribution in [1.29, 1.82) is 0 Å². The second-order valence-electron chi connectivity index (χ2n) is 8.25. The number of thiophene rings is 1. The van der Waals surface area contributed by atoms with Gasteiger partial charge in [0.25, 0.3) is 5.56 Å². The van der Waals surface area contributed by atoms with Crippen molar-refractivity contribution in [2.24, 2.45) is 5.92 Å². The predicted octanol–water partition coefficient (Wildman–Crippen LogP) is 4.34. The first-order valence-electron chi connectivity index (χ1n) is 10.2. The van der Waals surface area contributed by atoms with Gasteiger partial charge in [-0.2, -0.15) is 0 Å². The molecule has 3 rings (SSSR count). The summed E-state index contributed by atoms with van der Waals surface area (Å²) in [7, 11) is 0. The third-order valence-electron chi connectivity index (χ3n) is 5.42. The van der Waals surface area contributed by atoms with Gasteiger partial charge < -0.3 is 4.90 Å². The summed E-state index contributed by atoms with van der Waals surface area (Å²) in [5.74, 6) is 1.06. The van der Waals surface area contributed by atoms with Crippen LogP contribution in [0.4, 0.5) is 0 Å². The number of hydrogen-bond acceptors (Lipinski definition) is 5. The molecule has 0 bridgehead atoms. The smallest absolute Gasteiger partial charge is 0.263 e. The number of thioether (sulfide) groups is 1. The molecule has 0 fully saturated rings. The molecule has 1 aliphatic carbocycles. The summed E-state index contributed by atoms with van der Waals surface area (Å²) in [6.07, 6.45) is 3.15. The van der Waals surface area contributed by atoms with Gasteiger partial charge in [-0.25, -0.2) is 4.98 Å². The Morgan fingerprint density at radius 3 is 2.61 bits per heavy atom. The molecule has 7 heteroatoms. The van der Waals surface area contributed by atoms with Crippen LogP contribution in [-0.4, -0.2) is 38.2 Å². The van der Waals surface area contributed by atoms with Crippen molar-refractivity contribution >= 4 is 39.2 Å². The third-order valence-corrected chi connectivity index (χ3v) is 7.53. The lowest BCUT2D eigenvalue weighted by atomic mass is 9.89. The Morgan fingerprint density at radius 1 is 1.32 bits per heavy atom. The van der Waals surface area contributed by atoms with Gasteiger partial charge in [0.1, 0.15) is 4.83 Å². The Bertz CT molecular complexity index is 922. The molecular formula is C21H31N3O2S2. The van der Waals surface area contributed by atoms with Gasteiger partial charge in [-0.1, -0.05) is 18.7 Å². The second kappa shape index (κ2) is 8.57. The molecule has 0 saturated heterocycles. The van der Waals surface area contributed by atoms with E-state index in [1.54, 1.807) is 15.9 Å². The first-order valence-corrected chi connectivity index (χ1v) is 12.0. The van der Waals surface area contributed by atoms with Crippen LogP contribution in [0, 0.1) is 5.92 Å². The van der Waals surface area contributed by atoms with Gasteiger partial charge in [0.05, 0.1) is 11.1 Å². The zero-order valence-corrected chi connectivity index (χ0v) is 19.4. The van der Waals surface area contributed by atoms with Crippen molar-refractivity contribution in [2.45, 2.75) is 84.6 Å². The van der Waals surface area contributed by atoms with Gasteiger partial charge in [0.15, 0.2) is 5.16 Å². The number of hydrogen-bond donors (Lipinski definition) is 0. The molecular weight excluding hydrogens is 390 g/mol. The number of rotatable bonds is 6. The number of amides is 1. The number of fused-ring (bicyclic) bond motifs is 3. The maximum Gasteiger partial charge on any atom is 0.263 e. The van der Waals surface area contributed by atoms with E-state index in [1.165, 1.54) is 22.2 Å². The van der Waals surface area contributed by atoms with Crippen LogP contribution in [0.3, 0.4) is 0 Å². The summed E-state index contributed by atoms with van der Waals surface area (Å²) in [6.45, 7) is 12.9. The molecule has 1 atom stereocenters. The van der Waals surface area contributed by atoms with Crippen LogP contribution in [0.2, 0.25) is 0 Å². The Kier molecular flexibility index (Phi) is 6.54. The van der Waals surface area contributed by atoms with Gasteiger partial charge in [0.2, 0.25) is 5.91 Å². The first kappa shape index (κ1) is 21.4. The quantitative estimate of drug-likeness (QED) is 0.514. The second-order valence-corrected chi connectivity index (χ2v) is 10.3. The molecule has 0 radical (unpaired) electrons. The van der Waals surface area contributed by atoms with Crippen molar-refractivity contribution in [3.63, 3.8) is 0 Å². The van der Waals surface area contributed by atoms with Crippen LogP contribution >= 0.6 is 23.1 Å². The summed E-state index contributed by atoms with van der Waals surface area (Å²) in [6, 6.07) is 0.311. The summed E-state index contributed by atoms with van der Waals surface area (Å²) in [4.78, 5) is 34.8. The largest absolute Gasteiger partial charge is 0.337 e. The van der Waals surface area contributed by atoms with E-state index in [4.69, 9.17) is 4.98 Å². The molecule has 2 aromatic heterocycles. The molecule has 28 heavy (non-hydrogen) atoms. The standard InChI is InChI=1S/C21H31N3O2S2/c1-7-23-20(26)18-15-9-8-14(6)10-16(15)28-19(18)22-21(23)27-11-17(25)24(12(2)3)13(4)5/h12-14H,7-11H2,1-6H3. The number of nitrogens with zero attached hydrogens (tertiary/aromatic N) is 3. The fourth-order valence-corrected chi connectivity index (χ4v) is 6.52. The van der Waals surface area contributed by atoms with Gasteiger partial charge >= 0.3 is 0 Å². The highest BCUT2D eigenvalue weighted by Crippen LogP contribution is 2.36. The summed E-state index contributed by atoms with van der Waals surface area (Å²) in [5, 5.41) is 1.47.